The Labute approximate surface area is 110 Å². The van der Waals surface area contributed by atoms with Crippen molar-refractivity contribution in [2.75, 3.05) is 39.3 Å². The molecule has 1 rings (SSSR count). The average Bonchev–Trinajstić information content (AvgIpc) is 2.41. The molecule has 4 heteroatoms. The Kier molecular flexibility index (Phi) is 8.28. The van der Waals surface area contributed by atoms with E-state index in [0.29, 0.717) is 6.42 Å². The average molecular weight is 251 g/mol. The van der Waals surface area contributed by atoms with Gasteiger partial charge in [-0.3, -0.25) is 4.79 Å². The summed E-state index contributed by atoms with van der Waals surface area (Å²) < 4.78 is 0. The maximum absolute atomic E-state index is 11.5. The number of terminal acetylenes is 1. The fourth-order valence-corrected chi connectivity index (χ4v) is 2.07. The Morgan fingerprint density at radius 2 is 2.06 bits per heavy atom. The smallest absolute Gasteiger partial charge is 0.219 e. The first-order valence-corrected chi connectivity index (χ1v) is 6.96. The third-order valence-corrected chi connectivity index (χ3v) is 3.16. The molecule has 0 saturated carbocycles. The molecule has 0 aromatic heterocycles. The minimum absolute atomic E-state index is 0.160. The minimum Gasteiger partial charge on any atom is -0.356 e. The third kappa shape index (κ3) is 7.31. The highest BCUT2D eigenvalue weighted by molar-refractivity contribution is 5.75. The monoisotopic (exact) mass is 251 g/mol. The van der Waals surface area contributed by atoms with E-state index in [2.05, 4.69) is 21.5 Å². The van der Waals surface area contributed by atoms with Crippen molar-refractivity contribution in [3.05, 3.63) is 0 Å². The Hall–Kier alpha value is -1.05. The summed E-state index contributed by atoms with van der Waals surface area (Å²) in [7, 11) is 0. The number of carbonyl (C=O) groups is 1. The van der Waals surface area contributed by atoms with Crippen molar-refractivity contribution in [1.29, 1.82) is 0 Å². The molecular formula is C14H25N3O. The van der Waals surface area contributed by atoms with Gasteiger partial charge in [0, 0.05) is 45.6 Å². The summed E-state index contributed by atoms with van der Waals surface area (Å²) in [4.78, 5) is 13.9. The lowest BCUT2D eigenvalue weighted by atomic mass is 10.2. The quantitative estimate of drug-likeness (QED) is 0.490. The second kappa shape index (κ2) is 9.93. The normalized spacial score (nSPS) is 16.2. The number of carbonyl (C=O) groups excluding carboxylic acids is 1. The molecular weight excluding hydrogens is 226 g/mol. The topological polar surface area (TPSA) is 44.4 Å². The van der Waals surface area contributed by atoms with Crippen LogP contribution in [0.3, 0.4) is 0 Å². The van der Waals surface area contributed by atoms with Gasteiger partial charge < -0.3 is 15.5 Å². The molecule has 0 aliphatic carbocycles. The molecule has 0 bridgehead atoms. The van der Waals surface area contributed by atoms with E-state index in [1.54, 1.807) is 0 Å². The second-order valence-electron chi connectivity index (χ2n) is 4.71. The van der Waals surface area contributed by atoms with Crippen molar-refractivity contribution in [1.82, 2.24) is 15.5 Å². The van der Waals surface area contributed by atoms with E-state index in [1.165, 1.54) is 0 Å². The first-order valence-electron chi connectivity index (χ1n) is 6.96. The highest BCUT2D eigenvalue weighted by Gasteiger charge is 2.08. The zero-order valence-corrected chi connectivity index (χ0v) is 11.2. The molecule has 0 atom stereocenters. The Morgan fingerprint density at radius 1 is 1.28 bits per heavy atom. The maximum Gasteiger partial charge on any atom is 0.219 e. The zero-order chi connectivity index (χ0) is 13.1. The Balaban J connectivity index is 1.90. The standard InChI is InChI=1S/C14H25N3O/c1-2-3-4-5-7-14(18)16-8-6-11-17-12-9-15-10-13-17/h1,15H,3-13H2,(H,16,18). The molecule has 18 heavy (non-hydrogen) atoms. The first kappa shape index (κ1) is 15.0. The molecule has 1 saturated heterocycles. The summed E-state index contributed by atoms with van der Waals surface area (Å²) in [5.41, 5.74) is 0. The molecule has 1 amide bonds. The summed E-state index contributed by atoms with van der Waals surface area (Å²) in [6.45, 7) is 6.29. The summed E-state index contributed by atoms with van der Waals surface area (Å²) >= 11 is 0. The number of piperazine rings is 1. The van der Waals surface area contributed by atoms with E-state index in [9.17, 15) is 4.79 Å². The molecule has 0 unspecified atom stereocenters. The molecule has 1 aliphatic rings. The molecule has 102 valence electrons. The van der Waals surface area contributed by atoms with Crippen molar-refractivity contribution < 1.29 is 4.79 Å². The summed E-state index contributed by atoms with van der Waals surface area (Å²) in [5.74, 6) is 2.75. The fraction of sp³-hybridized carbons (Fsp3) is 0.786. The van der Waals surface area contributed by atoms with Gasteiger partial charge in [0.05, 0.1) is 0 Å². The van der Waals surface area contributed by atoms with Gasteiger partial charge in [-0.2, -0.15) is 0 Å². The zero-order valence-electron chi connectivity index (χ0n) is 11.2. The molecule has 1 fully saturated rings. The molecule has 0 aromatic carbocycles. The SMILES string of the molecule is C#CCCCCC(=O)NCCCN1CCNCC1. The van der Waals surface area contributed by atoms with Gasteiger partial charge in [0.1, 0.15) is 0 Å². The number of hydrogen-bond acceptors (Lipinski definition) is 3. The molecule has 0 radical (unpaired) electrons. The fourth-order valence-electron chi connectivity index (χ4n) is 2.07. The van der Waals surface area contributed by atoms with E-state index in [1.807, 2.05) is 0 Å². The van der Waals surface area contributed by atoms with Gasteiger partial charge in [0.2, 0.25) is 5.91 Å². The van der Waals surface area contributed by atoms with Crippen LogP contribution in [0.1, 0.15) is 32.1 Å². The summed E-state index contributed by atoms with van der Waals surface area (Å²) in [6.07, 6.45) is 9.42. The number of unbranched alkanes of at least 4 members (excludes halogenated alkanes) is 2. The van der Waals surface area contributed by atoms with Gasteiger partial charge in [-0.1, -0.05) is 0 Å². The van der Waals surface area contributed by atoms with Crippen LogP contribution in [0, 0.1) is 12.3 Å². The Bertz CT molecular complexity index is 267. The van der Waals surface area contributed by atoms with Gasteiger partial charge >= 0.3 is 0 Å². The van der Waals surface area contributed by atoms with Crippen LogP contribution in [0.5, 0.6) is 0 Å². The van der Waals surface area contributed by atoms with E-state index < -0.39 is 0 Å². The molecule has 2 N–H and O–H groups in total. The van der Waals surface area contributed by atoms with Crippen molar-refractivity contribution in [3.8, 4) is 12.3 Å². The minimum atomic E-state index is 0.160. The largest absolute Gasteiger partial charge is 0.356 e. The van der Waals surface area contributed by atoms with E-state index in [0.717, 1.165) is 65.0 Å². The van der Waals surface area contributed by atoms with Crippen LogP contribution < -0.4 is 10.6 Å². The predicted molar refractivity (Wildman–Crippen MR) is 74.2 cm³/mol. The lowest BCUT2D eigenvalue weighted by molar-refractivity contribution is -0.121. The van der Waals surface area contributed by atoms with Crippen LogP contribution in [0.2, 0.25) is 0 Å². The van der Waals surface area contributed by atoms with Crippen LogP contribution in [0.4, 0.5) is 0 Å². The van der Waals surface area contributed by atoms with Crippen LogP contribution in [0.25, 0.3) is 0 Å². The van der Waals surface area contributed by atoms with E-state index in [-0.39, 0.29) is 5.91 Å². The highest BCUT2D eigenvalue weighted by Crippen LogP contribution is 1.98. The third-order valence-electron chi connectivity index (χ3n) is 3.16. The lowest BCUT2D eigenvalue weighted by Crippen LogP contribution is -2.44. The van der Waals surface area contributed by atoms with Gasteiger partial charge in [0.25, 0.3) is 0 Å². The number of rotatable bonds is 8. The number of hydrogen-bond donors (Lipinski definition) is 2. The molecule has 0 aromatic rings. The van der Waals surface area contributed by atoms with Gasteiger partial charge in [0.15, 0.2) is 0 Å². The van der Waals surface area contributed by atoms with Crippen LogP contribution in [0.15, 0.2) is 0 Å². The summed E-state index contributed by atoms with van der Waals surface area (Å²) in [6, 6.07) is 0. The Morgan fingerprint density at radius 3 is 2.78 bits per heavy atom. The van der Waals surface area contributed by atoms with Crippen LogP contribution in [-0.4, -0.2) is 50.1 Å². The van der Waals surface area contributed by atoms with Crippen molar-refractivity contribution in [2.24, 2.45) is 0 Å². The second-order valence-corrected chi connectivity index (χ2v) is 4.71. The van der Waals surface area contributed by atoms with Crippen LogP contribution >= 0.6 is 0 Å². The number of nitrogens with one attached hydrogen (secondary N) is 2. The van der Waals surface area contributed by atoms with Crippen molar-refractivity contribution in [3.63, 3.8) is 0 Å². The summed E-state index contributed by atoms with van der Waals surface area (Å²) in [5, 5.41) is 6.30. The van der Waals surface area contributed by atoms with E-state index >= 15 is 0 Å². The predicted octanol–water partition coefficient (Wildman–Crippen LogP) is 0.592. The number of amides is 1. The molecule has 1 aliphatic heterocycles. The van der Waals surface area contributed by atoms with Crippen LogP contribution in [-0.2, 0) is 4.79 Å². The van der Waals surface area contributed by atoms with Gasteiger partial charge in [-0.05, 0) is 25.8 Å². The van der Waals surface area contributed by atoms with Crippen molar-refractivity contribution >= 4 is 5.91 Å². The highest BCUT2D eigenvalue weighted by atomic mass is 16.1. The maximum atomic E-state index is 11.5. The first-order chi connectivity index (χ1) is 8.83. The van der Waals surface area contributed by atoms with Crippen molar-refractivity contribution in [2.45, 2.75) is 32.1 Å². The molecule has 4 nitrogen and oxygen atoms in total. The van der Waals surface area contributed by atoms with Gasteiger partial charge in [-0.15, -0.1) is 12.3 Å². The molecule has 0 spiro atoms. The lowest BCUT2D eigenvalue weighted by Gasteiger charge is -2.27. The van der Waals surface area contributed by atoms with E-state index in [4.69, 9.17) is 6.42 Å². The molecule has 1 heterocycles. The van der Waals surface area contributed by atoms with Gasteiger partial charge in [-0.25, -0.2) is 0 Å². The number of nitrogens with zero attached hydrogens (tertiary/aromatic N) is 1.